The number of rotatable bonds is 6. The zero-order chi connectivity index (χ0) is 18.8. The zero-order valence-electron chi connectivity index (χ0n) is 14.3. The largest absolute Gasteiger partial charge is 0.493 e. The Labute approximate surface area is 146 Å². The molecular weight excluding hydrogens is 346 g/mol. The standard InChI is InChI=1S/C17H19NO6S/c1-10-5-6-16(11(2)7-10)25(21,22)18-13-9-15(24-4)14(23-3)8-12(13)17(19)20/h5-9,18H,1-4H3,(H,19,20). The van der Waals surface area contributed by atoms with Crippen LogP contribution in [0.1, 0.15) is 21.5 Å². The minimum Gasteiger partial charge on any atom is -0.493 e. The van der Waals surface area contributed by atoms with E-state index in [1.807, 2.05) is 6.92 Å². The number of carbonyl (C=O) groups is 1. The van der Waals surface area contributed by atoms with E-state index in [2.05, 4.69) is 4.72 Å². The van der Waals surface area contributed by atoms with Gasteiger partial charge in [0.05, 0.1) is 30.4 Å². The monoisotopic (exact) mass is 365 g/mol. The van der Waals surface area contributed by atoms with Gasteiger partial charge in [-0.05, 0) is 25.5 Å². The summed E-state index contributed by atoms with van der Waals surface area (Å²) in [6.45, 7) is 3.53. The van der Waals surface area contributed by atoms with Gasteiger partial charge in [-0.1, -0.05) is 17.7 Å². The predicted octanol–water partition coefficient (Wildman–Crippen LogP) is 2.82. The molecule has 2 rings (SSSR count). The maximum absolute atomic E-state index is 12.7. The van der Waals surface area contributed by atoms with Gasteiger partial charge in [-0.15, -0.1) is 0 Å². The predicted molar refractivity (Wildman–Crippen MR) is 93.2 cm³/mol. The first-order valence-electron chi connectivity index (χ1n) is 7.29. The molecule has 2 aromatic rings. The van der Waals surface area contributed by atoms with Crippen molar-refractivity contribution >= 4 is 21.7 Å². The Morgan fingerprint density at radius 3 is 2.16 bits per heavy atom. The summed E-state index contributed by atoms with van der Waals surface area (Å²) in [5.74, 6) is -0.889. The van der Waals surface area contributed by atoms with Crippen LogP contribution in [0.25, 0.3) is 0 Å². The van der Waals surface area contributed by atoms with Crippen LogP contribution in [0.5, 0.6) is 11.5 Å². The van der Waals surface area contributed by atoms with Crippen LogP contribution in [0, 0.1) is 13.8 Å². The molecule has 0 radical (unpaired) electrons. The lowest BCUT2D eigenvalue weighted by molar-refractivity contribution is 0.0697. The molecule has 2 N–H and O–H groups in total. The summed E-state index contributed by atoms with van der Waals surface area (Å²) < 4.78 is 37.9. The van der Waals surface area contributed by atoms with Crippen molar-refractivity contribution in [2.75, 3.05) is 18.9 Å². The molecule has 0 aliphatic rings. The Morgan fingerprint density at radius 1 is 1.04 bits per heavy atom. The smallest absolute Gasteiger partial charge is 0.337 e. The summed E-state index contributed by atoms with van der Waals surface area (Å²) in [4.78, 5) is 11.6. The average Bonchev–Trinajstić information content (AvgIpc) is 2.53. The fourth-order valence-electron chi connectivity index (χ4n) is 2.44. The van der Waals surface area contributed by atoms with Gasteiger partial charge in [0.1, 0.15) is 0 Å². The summed E-state index contributed by atoms with van der Waals surface area (Å²) in [5, 5.41) is 9.38. The van der Waals surface area contributed by atoms with Gasteiger partial charge in [-0.2, -0.15) is 0 Å². The van der Waals surface area contributed by atoms with Gasteiger partial charge in [0, 0.05) is 12.1 Å². The van der Waals surface area contributed by atoms with Gasteiger partial charge in [-0.3, -0.25) is 4.72 Å². The van der Waals surface area contributed by atoms with Gasteiger partial charge in [0.2, 0.25) is 0 Å². The highest BCUT2D eigenvalue weighted by Gasteiger charge is 2.22. The molecule has 0 amide bonds. The number of hydrogen-bond donors (Lipinski definition) is 2. The van der Waals surface area contributed by atoms with Crippen molar-refractivity contribution < 1.29 is 27.8 Å². The Kier molecular flexibility index (Phi) is 5.22. The van der Waals surface area contributed by atoms with Gasteiger partial charge < -0.3 is 14.6 Å². The number of sulfonamides is 1. The molecule has 8 heteroatoms. The highest BCUT2D eigenvalue weighted by atomic mass is 32.2. The summed E-state index contributed by atoms with van der Waals surface area (Å²) in [7, 11) is -1.23. The Bertz CT molecular complexity index is 921. The number of carboxylic acid groups (broad SMARTS) is 1. The molecule has 0 unspecified atom stereocenters. The fraction of sp³-hybridized carbons (Fsp3) is 0.235. The van der Waals surface area contributed by atoms with Crippen molar-refractivity contribution in [1.29, 1.82) is 0 Å². The third-order valence-corrected chi connectivity index (χ3v) is 5.14. The molecule has 0 saturated carbocycles. The van der Waals surface area contributed by atoms with Crippen molar-refractivity contribution in [3.63, 3.8) is 0 Å². The minimum atomic E-state index is -3.97. The number of carboxylic acids is 1. The lowest BCUT2D eigenvalue weighted by Crippen LogP contribution is -2.17. The van der Waals surface area contributed by atoms with E-state index in [9.17, 15) is 18.3 Å². The Balaban J connectivity index is 2.56. The lowest BCUT2D eigenvalue weighted by Gasteiger charge is -2.15. The van der Waals surface area contributed by atoms with Crippen LogP contribution >= 0.6 is 0 Å². The van der Waals surface area contributed by atoms with Crippen LogP contribution in [0.4, 0.5) is 5.69 Å². The van der Waals surface area contributed by atoms with Crippen LogP contribution in [0.15, 0.2) is 35.2 Å². The number of methoxy groups -OCH3 is 2. The summed E-state index contributed by atoms with van der Waals surface area (Å²) in [5.41, 5.74) is 1.13. The SMILES string of the molecule is COc1cc(NS(=O)(=O)c2ccc(C)cc2C)c(C(=O)O)cc1OC. The van der Waals surface area contributed by atoms with Crippen molar-refractivity contribution in [2.45, 2.75) is 18.7 Å². The summed E-state index contributed by atoms with van der Waals surface area (Å²) in [6.07, 6.45) is 0. The van der Waals surface area contributed by atoms with Gasteiger partial charge in [-0.25, -0.2) is 13.2 Å². The maximum atomic E-state index is 12.7. The van der Waals surface area contributed by atoms with Gasteiger partial charge >= 0.3 is 5.97 Å². The van der Waals surface area contributed by atoms with Crippen molar-refractivity contribution in [3.8, 4) is 11.5 Å². The van der Waals surface area contributed by atoms with Crippen molar-refractivity contribution in [1.82, 2.24) is 0 Å². The second-order valence-electron chi connectivity index (χ2n) is 5.43. The summed E-state index contributed by atoms with van der Waals surface area (Å²) in [6, 6.07) is 7.38. The van der Waals surface area contributed by atoms with Crippen molar-refractivity contribution in [3.05, 3.63) is 47.0 Å². The van der Waals surface area contributed by atoms with E-state index >= 15 is 0 Å². The molecule has 0 aliphatic carbocycles. The lowest BCUT2D eigenvalue weighted by atomic mass is 10.1. The number of nitrogens with one attached hydrogen (secondary N) is 1. The van der Waals surface area contributed by atoms with Gasteiger partial charge in [0.25, 0.3) is 10.0 Å². The number of aryl methyl sites for hydroxylation is 2. The van der Waals surface area contributed by atoms with Gasteiger partial charge in [0.15, 0.2) is 11.5 Å². The molecule has 2 aromatic carbocycles. The highest BCUT2D eigenvalue weighted by molar-refractivity contribution is 7.92. The first-order chi connectivity index (χ1) is 11.7. The molecule has 134 valence electrons. The first kappa shape index (κ1) is 18.6. The van der Waals surface area contributed by atoms with E-state index in [0.717, 1.165) is 5.56 Å². The van der Waals surface area contributed by atoms with Crippen LogP contribution < -0.4 is 14.2 Å². The van der Waals surface area contributed by atoms with Crippen LogP contribution in [-0.4, -0.2) is 33.7 Å². The number of aromatic carboxylic acids is 1. The van der Waals surface area contributed by atoms with E-state index < -0.39 is 16.0 Å². The van der Waals surface area contributed by atoms with Crippen LogP contribution in [0.3, 0.4) is 0 Å². The second kappa shape index (κ2) is 7.02. The third-order valence-electron chi connectivity index (χ3n) is 3.62. The molecule has 0 atom stereocenters. The number of benzene rings is 2. The zero-order valence-corrected chi connectivity index (χ0v) is 15.1. The molecule has 0 bridgehead atoms. The van der Waals surface area contributed by atoms with E-state index in [1.54, 1.807) is 19.1 Å². The van der Waals surface area contributed by atoms with Crippen LogP contribution in [-0.2, 0) is 10.0 Å². The normalized spacial score (nSPS) is 11.0. The van der Waals surface area contributed by atoms with E-state index in [1.165, 1.54) is 32.4 Å². The fourth-order valence-corrected chi connectivity index (χ4v) is 3.74. The summed E-state index contributed by atoms with van der Waals surface area (Å²) >= 11 is 0. The van der Waals surface area contributed by atoms with E-state index in [4.69, 9.17) is 9.47 Å². The molecule has 25 heavy (non-hydrogen) atoms. The molecule has 7 nitrogen and oxygen atoms in total. The molecule has 0 spiro atoms. The molecule has 0 fully saturated rings. The molecule has 0 saturated heterocycles. The third kappa shape index (κ3) is 3.85. The van der Waals surface area contributed by atoms with Crippen molar-refractivity contribution in [2.24, 2.45) is 0 Å². The number of ether oxygens (including phenoxy) is 2. The molecule has 0 heterocycles. The second-order valence-corrected chi connectivity index (χ2v) is 7.08. The minimum absolute atomic E-state index is 0.0734. The Hall–Kier alpha value is -2.74. The Morgan fingerprint density at radius 2 is 1.64 bits per heavy atom. The first-order valence-corrected chi connectivity index (χ1v) is 8.77. The van der Waals surface area contributed by atoms with E-state index in [-0.39, 0.29) is 27.6 Å². The maximum Gasteiger partial charge on any atom is 0.337 e. The quantitative estimate of drug-likeness (QED) is 0.816. The molecule has 0 aromatic heterocycles. The molecule has 0 aliphatic heterocycles. The average molecular weight is 365 g/mol. The highest BCUT2D eigenvalue weighted by Crippen LogP contribution is 2.34. The number of anilines is 1. The van der Waals surface area contributed by atoms with E-state index in [0.29, 0.717) is 5.56 Å². The molecular formula is C17H19NO6S. The van der Waals surface area contributed by atoms with Crippen LogP contribution in [0.2, 0.25) is 0 Å². The topological polar surface area (TPSA) is 102 Å². The number of hydrogen-bond acceptors (Lipinski definition) is 5.